The van der Waals surface area contributed by atoms with Crippen molar-refractivity contribution in [3.05, 3.63) is 63.4 Å². The normalized spacial score (nSPS) is 10.8. The van der Waals surface area contributed by atoms with E-state index in [4.69, 9.17) is 9.68 Å². The summed E-state index contributed by atoms with van der Waals surface area (Å²) in [6.45, 7) is 1.91. The third kappa shape index (κ3) is 3.58. The second kappa shape index (κ2) is 6.37. The van der Waals surface area contributed by atoms with Crippen LogP contribution in [-0.2, 0) is 4.79 Å². The molecule has 0 aliphatic carbocycles. The molecule has 0 bridgehead atoms. The Labute approximate surface area is 125 Å². The summed E-state index contributed by atoms with van der Waals surface area (Å²) >= 11 is 0. The molecule has 0 atom stereocenters. The summed E-state index contributed by atoms with van der Waals surface area (Å²) in [5.74, 6) is -1.02. The molecule has 0 radical (unpaired) electrons. The summed E-state index contributed by atoms with van der Waals surface area (Å²) in [7, 11) is 0. The Morgan fingerprint density at radius 1 is 1.32 bits per heavy atom. The van der Waals surface area contributed by atoms with E-state index in [9.17, 15) is 14.9 Å². The maximum Gasteiger partial charge on any atom is 0.433 e. The van der Waals surface area contributed by atoms with E-state index >= 15 is 0 Å². The number of furan rings is 1. The Balaban J connectivity index is 2.17. The quantitative estimate of drug-likeness (QED) is 0.403. The number of nitro groups is 1. The van der Waals surface area contributed by atoms with Gasteiger partial charge in [-0.2, -0.15) is 5.26 Å². The van der Waals surface area contributed by atoms with Crippen LogP contribution >= 0.6 is 0 Å². The second-order valence-corrected chi connectivity index (χ2v) is 4.42. The zero-order valence-corrected chi connectivity index (χ0v) is 11.6. The van der Waals surface area contributed by atoms with E-state index in [1.54, 1.807) is 18.2 Å². The van der Waals surface area contributed by atoms with Crippen molar-refractivity contribution in [1.82, 2.24) is 0 Å². The van der Waals surface area contributed by atoms with Gasteiger partial charge in [-0.1, -0.05) is 17.7 Å². The van der Waals surface area contributed by atoms with Crippen LogP contribution < -0.4 is 5.32 Å². The third-order valence-corrected chi connectivity index (χ3v) is 2.75. The van der Waals surface area contributed by atoms with Crippen LogP contribution in [0.5, 0.6) is 0 Å². The molecule has 0 saturated heterocycles. The number of carbonyl (C=O) groups excluding carboxylic acids is 1. The van der Waals surface area contributed by atoms with Crippen molar-refractivity contribution < 1.29 is 14.1 Å². The number of hydrogen-bond donors (Lipinski definition) is 1. The highest BCUT2D eigenvalue weighted by molar-refractivity contribution is 6.09. The predicted molar refractivity (Wildman–Crippen MR) is 78.8 cm³/mol. The molecule has 0 spiro atoms. The minimum absolute atomic E-state index is 0.0577. The van der Waals surface area contributed by atoms with Crippen molar-refractivity contribution in [2.24, 2.45) is 0 Å². The number of hydrogen-bond acceptors (Lipinski definition) is 5. The molecular formula is C15H11N3O4. The van der Waals surface area contributed by atoms with Crippen molar-refractivity contribution in [3.8, 4) is 6.07 Å². The summed E-state index contributed by atoms with van der Waals surface area (Å²) in [5.41, 5.74) is 1.36. The first-order valence-electron chi connectivity index (χ1n) is 6.23. The number of nitrogens with zero attached hydrogens (tertiary/aromatic N) is 2. The highest BCUT2D eigenvalue weighted by atomic mass is 16.6. The number of amides is 1. The Kier molecular flexibility index (Phi) is 4.34. The lowest BCUT2D eigenvalue weighted by molar-refractivity contribution is -0.402. The molecule has 1 heterocycles. The Morgan fingerprint density at radius 3 is 2.55 bits per heavy atom. The molecule has 110 valence electrons. The first-order valence-corrected chi connectivity index (χ1v) is 6.23. The molecule has 0 unspecified atom stereocenters. The molecule has 0 aliphatic rings. The second-order valence-electron chi connectivity index (χ2n) is 4.42. The number of aryl methyl sites for hydroxylation is 1. The predicted octanol–water partition coefficient (Wildman–Crippen LogP) is 3.04. The first-order chi connectivity index (χ1) is 10.5. The van der Waals surface area contributed by atoms with Gasteiger partial charge in [-0.05, 0) is 25.1 Å². The average molecular weight is 297 g/mol. The lowest BCUT2D eigenvalue weighted by atomic mass is 10.2. The molecular weight excluding hydrogens is 286 g/mol. The fourth-order valence-electron chi connectivity index (χ4n) is 1.64. The number of rotatable bonds is 4. The summed E-state index contributed by atoms with van der Waals surface area (Å²) in [5, 5.41) is 22.1. The number of nitrogens with one attached hydrogen (secondary N) is 1. The van der Waals surface area contributed by atoms with Crippen molar-refractivity contribution >= 4 is 23.6 Å². The van der Waals surface area contributed by atoms with E-state index in [1.807, 2.05) is 19.1 Å². The SMILES string of the molecule is Cc1ccc(NC(=O)/C(C#N)=C/c2ccc([N+](=O)[O-])o2)cc1. The molecule has 2 rings (SSSR count). The van der Waals surface area contributed by atoms with Gasteiger partial charge >= 0.3 is 5.88 Å². The van der Waals surface area contributed by atoms with Crippen LogP contribution in [-0.4, -0.2) is 10.8 Å². The molecule has 1 aromatic carbocycles. The van der Waals surface area contributed by atoms with Crippen molar-refractivity contribution in [2.75, 3.05) is 5.32 Å². The van der Waals surface area contributed by atoms with Gasteiger partial charge in [-0.25, -0.2) is 0 Å². The molecule has 2 aromatic rings. The minimum Gasteiger partial charge on any atom is -0.401 e. The standard InChI is InChI=1S/C15H11N3O4/c1-10-2-4-12(5-3-10)17-15(19)11(9-16)8-13-6-7-14(22-13)18(20)21/h2-8H,1H3,(H,17,19)/b11-8+. The van der Waals surface area contributed by atoms with Crippen LogP contribution in [0, 0.1) is 28.4 Å². The van der Waals surface area contributed by atoms with E-state index in [0.29, 0.717) is 5.69 Å². The molecule has 7 heteroatoms. The van der Waals surface area contributed by atoms with Crippen molar-refractivity contribution in [3.63, 3.8) is 0 Å². The monoisotopic (exact) mass is 297 g/mol. The van der Waals surface area contributed by atoms with Crippen molar-refractivity contribution in [2.45, 2.75) is 6.92 Å². The Morgan fingerprint density at radius 2 is 2.00 bits per heavy atom. The third-order valence-electron chi connectivity index (χ3n) is 2.75. The average Bonchev–Trinajstić information content (AvgIpc) is 2.96. The van der Waals surface area contributed by atoms with Gasteiger partial charge in [0.1, 0.15) is 22.3 Å². The van der Waals surface area contributed by atoms with Crippen LogP contribution in [0.3, 0.4) is 0 Å². The van der Waals surface area contributed by atoms with Gasteiger partial charge in [-0.15, -0.1) is 0 Å². The largest absolute Gasteiger partial charge is 0.433 e. The van der Waals surface area contributed by atoms with Crippen molar-refractivity contribution in [1.29, 1.82) is 5.26 Å². The summed E-state index contributed by atoms with van der Waals surface area (Å²) in [6, 6.07) is 11.3. The Bertz CT molecular complexity index is 782. The number of anilines is 1. The van der Waals surface area contributed by atoms with Gasteiger partial charge in [0.25, 0.3) is 5.91 Å². The van der Waals surface area contributed by atoms with Crippen LogP contribution in [0.1, 0.15) is 11.3 Å². The number of nitriles is 1. The van der Waals surface area contributed by atoms with E-state index in [-0.39, 0.29) is 11.3 Å². The number of benzene rings is 1. The first kappa shape index (κ1) is 15.0. The van der Waals surface area contributed by atoms with Crippen LogP contribution in [0.25, 0.3) is 6.08 Å². The lowest BCUT2D eigenvalue weighted by Crippen LogP contribution is -2.13. The smallest absolute Gasteiger partial charge is 0.401 e. The van der Waals surface area contributed by atoms with Crippen LogP contribution in [0.4, 0.5) is 11.6 Å². The highest BCUT2D eigenvalue weighted by Crippen LogP contribution is 2.18. The fourth-order valence-corrected chi connectivity index (χ4v) is 1.64. The van der Waals surface area contributed by atoms with E-state index in [0.717, 1.165) is 17.7 Å². The van der Waals surface area contributed by atoms with Gasteiger partial charge in [0, 0.05) is 11.8 Å². The summed E-state index contributed by atoms with van der Waals surface area (Å²) in [4.78, 5) is 21.8. The fraction of sp³-hybridized carbons (Fsp3) is 0.0667. The molecule has 7 nitrogen and oxygen atoms in total. The Hall–Kier alpha value is -3.40. The molecule has 1 aromatic heterocycles. The molecule has 0 aliphatic heterocycles. The molecule has 0 fully saturated rings. The van der Waals surface area contributed by atoms with Crippen LogP contribution in [0.15, 0.2) is 46.4 Å². The van der Waals surface area contributed by atoms with Gasteiger partial charge in [0.15, 0.2) is 0 Å². The molecule has 22 heavy (non-hydrogen) atoms. The van der Waals surface area contributed by atoms with Gasteiger partial charge in [-0.3, -0.25) is 14.9 Å². The van der Waals surface area contributed by atoms with E-state index < -0.39 is 16.7 Å². The summed E-state index contributed by atoms with van der Waals surface area (Å²) in [6.07, 6.45) is 1.15. The minimum atomic E-state index is -0.699. The molecule has 0 saturated carbocycles. The summed E-state index contributed by atoms with van der Waals surface area (Å²) < 4.78 is 4.89. The van der Waals surface area contributed by atoms with Gasteiger partial charge in [0.05, 0.1) is 6.07 Å². The van der Waals surface area contributed by atoms with Crippen LogP contribution in [0.2, 0.25) is 0 Å². The van der Waals surface area contributed by atoms with Gasteiger partial charge in [0.2, 0.25) is 0 Å². The topological polar surface area (TPSA) is 109 Å². The lowest BCUT2D eigenvalue weighted by Gasteiger charge is -2.04. The maximum absolute atomic E-state index is 12.0. The zero-order valence-electron chi connectivity index (χ0n) is 11.6. The maximum atomic E-state index is 12.0. The zero-order chi connectivity index (χ0) is 16.1. The molecule has 1 amide bonds. The van der Waals surface area contributed by atoms with E-state index in [1.165, 1.54) is 6.07 Å². The number of carbonyl (C=O) groups is 1. The van der Waals surface area contributed by atoms with E-state index in [2.05, 4.69) is 5.32 Å². The highest BCUT2D eigenvalue weighted by Gasteiger charge is 2.14. The molecule has 1 N–H and O–H groups in total. The van der Waals surface area contributed by atoms with Gasteiger partial charge < -0.3 is 9.73 Å².